The normalized spacial score (nSPS) is 11.6. The Morgan fingerprint density at radius 1 is 0.962 bits per heavy atom. The number of hydrogen-bond donors (Lipinski definition) is 0. The molecule has 0 aromatic heterocycles. The molecule has 1 unspecified atom stereocenters. The summed E-state index contributed by atoms with van der Waals surface area (Å²) in [5.41, 5.74) is 1.39. The Bertz CT molecular complexity index is 709. The van der Waals surface area contributed by atoms with Crippen LogP contribution in [-0.4, -0.2) is 24.5 Å². The number of ether oxygens (including phenoxy) is 2. The van der Waals surface area contributed by atoms with E-state index in [-0.39, 0.29) is 11.9 Å². The van der Waals surface area contributed by atoms with Crippen LogP contribution in [0.15, 0.2) is 54.6 Å². The van der Waals surface area contributed by atoms with Crippen molar-refractivity contribution in [3.05, 3.63) is 65.7 Å². The zero-order valence-corrected chi connectivity index (χ0v) is 15.4. The number of rotatable bonds is 10. The van der Waals surface area contributed by atoms with Gasteiger partial charge in [-0.15, -0.1) is 0 Å². The van der Waals surface area contributed by atoms with Gasteiger partial charge in [0.15, 0.2) is 0 Å². The molecule has 0 aliphatic carbocycles. The van der Waals surface area contributed by atoms with Crippen molar-refractivity contribution in [2.45, 2.75) is 45.6 Å². The molecule has 2 rings (SSSR count). The van der Waals surface area contributed by atoms with Gasteiger partial charge in [0.1, 0.15) is 23.2 Å². The van der Waals surface area contributed by atoms with Gasteiger partial charge < -0.3 is 9.47 Å². The first-order chi connectivity index (χ1) is 12.6. The minimum absolute atomic E-state index is 0.128. The Morgan fingerprint density at radius 2 is 1.65 bits per heavy atom. The Kier molecular flexibility index (Phi) is 7.87. The number of para-hydroxylation sites is 1. The molecule has 0 N–H and O–H groups in total. The van der Waals surface area contributed by atoms with Crippen LogP contribution in [0, 0.1) is 0 Å². The van der Waals surface area contributed by atoms with Gasteiger partial charge in [-0.05, 0) is 31.0 Å². The van der Waals surface area contributed by atoms with Crippen LogP contribution in [0.1, 0.15) is 49.0 Å². The summed E-state index contributed by atoms with van der Waals surface area (Å²) >= 11 is 0. The van der Waals surface area contributed by atoms with E-state index in [0.717, 1.165) is 18.4 Å². The minimum Gasteiger partial charge on any atom is -0.489 e. The second kappa shape index (κ2) is 10.4. The SMILES string of the molecule is CCCC(CC(=O)Cc1ccccc1)Oc1ccccc1C(=O)OCC. The summed E-state index contributed by atoms with van der Waals surface area (Å²) in [6, 6.07) is 16.7. The molecule has 0 fully saturated rings. The highest BCUT2D eigenvalue weighted by atomic mass is 16.5. The fourth-order valence-electron chi connectivity index (χ4n) is 2.80. The third kappa shape index (κ3) is 6.03. The number of ketones is 1. The first-order valence-corrected chi connectivity index (χ1v) is 9.12. The van der Waals surface area contributed by atoms with Crippen molar-refractivity contribution < 1.29 is 19.1 Å². The second-order valence-corrected chi connectivity index (χ2v) is 6.15. The molecule has 0 radical (unpaired) electrons. The van der Waals surface area contributed by atoms with Gasteiger partial charge in [-0.25, -0.2) is 4.79 Å². The summed E-state index contributed by atoms with van der Waals surface area (Å²) in [6.07, 6.45) is 2.10. The van der Waals surface area contributed by atoms with Gasteiger partial charge in [-0.3, -0.25) is 4.79 Å². The third-order valence-electron chi connectivity index (χ3n) is 3.99. The number of hydrogen-bond acceptors (Lipinski definition) is 4. The largest absolute Gasteiger partial charge is 0.489 e. The summed E-state index contributed by atoms with van der Waals surface area (Å²) in [5, 5.41) is 0. The van der Waals surface area contributed by atoms with E-state index < -0.39 is 5.97 Å². The van der Waals surface area contributed by atoms with E-state index in [0.29, 0.717) is 30.8 Å². The summed E-state index contributed by atoms with van der Waals surface area (Å²) in [5.74, 6) is 0.189. The highest BCUT2D eigenvalue weighted by molar-refractivity contribution is 5.92. The molecule has 0 bridgehead atoms. The molecule has 0 saturated heterocycles. The van der Waals surface area contributed by atoms with E-state index in [1.165, 1.54) is 0 Å². The van der Waals surface area contributed by atoms with Crippen molar-refractivity contribution >= 4 is 11.8 Å². The summed E-state index contributed by atoms with van der Waals surface area (Å²) in [7, 11) is 0. The van der Waals surface area contributed by atoms with E-state index in [1.54, 1.807) is 25.1 Å². The molecule has 4 nitrogen and oxygen atoms in total. The van der Waals surface area contributed by atoms with Gasteiger partial charge >= 0.3 is 5.97 Å². The quantitative estimate of drug-likeness (QED) is 0.585. The third-order valence-corrected chi connectivity index (χ3v) is 3.99. The molecule has 26 heavy (non-hydrogen) atoms. The van der Waals surface area contributed by atoms with Crippen LogP contribution < -0.4 is 4.74 Å². The van der Waals surface area contributed by atoms with Gasteiger partial charge in [0, 0.05) is 12.8 Å². The second-order valence-electron chi connectivity index (χ2n) is 6.15. The first-order valence-electron chi connectivity index (χ1n) is 9.12. The highest BCUT2D eigenvalue weighted by Gasteiger charge is 2.19. The molecule has 2 aromatic rings. The van der Waals surface area contributed by atoms with E-state index in [4.69, 9.17) is 9.47 Å². The monoisotopic (exact) mass is 354 g/mol. The van der Waals surface area contributed by atoms with Gasteiger partial charge in [0.25, 0.3) is 0 Å². The van der Waals surface area contributed by atoms with Crippen LogP contribution in [0.25, 0.3) is 0 Å². The Hall–Kier alpha value is -2.62. The van der Waals surface area contributed by atoms with Crippen molar-refractivity contribution in [1.82, 2.24) is 0 Å². The zero-order valence-electron chi connectivity index (χ0n) is 15.4. The van der Waals surface area contributed by atoms with Crippen LogP contribution in [0.4, 0.5) is 0 Å². The molecule has 0 spiro atoms. The number of esters is 1. The van der Waals surface area contributed by atoms with Crippen molar-refractivity contribution in [3.8, 4) is 5.75 Å². The van der Waals surface area contributed by atoms with E-state index in [1.807, 2.05) is 36.4 Å². The van der Waals surface area contributed by atoms with E-state index in [9.17, 15) is 9.59 Å². The van der Waals surface area contributed by atoms with Gasteiger partial charge in [0.2, 0.25) is 0 Å². The topological polar surface area (TPSA) is 52.6 Å². The summed E-state index contributed by atoms with van der Waals surface area (Å²) in [6.45, 7) is 4.12. The lowest BCUT2D eigenvalue weighted by atomic mass is 10.0. The maximum atomic E-state index is 12.4. The summed E-state index contributed by atoms with van der Waals surface area (Å²) in [4.78, 5) is 24.5. The molecular formula is C22H26O4. The van der Waals surface area contributed by atoms with Gasteiger partial charge in [-0.2, -0.15) is 0 Å². The summed E-state index contributed by atoms with van der Waals surface area (Å²) < 4.78 is 11.1. The van der Waals surface area contributed by atoms with Gasteiger partial charge in [-0.1, -0.05) is 55.8 Å². The Balaban J connectivity index is 2.06. The van der Waals surface area contributed by atoms with Crippen molar-refractivity contribution in [3.63, 3.8) is 0 Å². The van der Waals surface area contributed by atoms with Crippen LogP contribution >= 0.6 is 0 Å². The fraction of sp³-hybridized carbons (Fsp3) is 0.364. The molecule has 2 aromatic carbocycles. The molecule has 138 valence electrons. The Labute approximate surface area is 155 Å². The highest BCUT2D eigenvalue weighted by Crippen LogP contribution is 2.23. The predicted octanol–water partition coefficient (Wildman–Crippen LogP) is 4.61. The maximum absolute atomic E-state index is 12.4. The fourth-order valence-corrected chi connectivity index (χ4v) is 2.80. The lowest BCUT2D eigenvalue weighted by molar-refractivity contribution is -0.120. The smallest absolute Gasteiger partial charge is 0.341 e. The molecular weight excluding hydrogens is 328 g/mol. The molecule has 0 aliphatic rings. The predicted molar refractivity (Wildman–Crippen MR) is 101 cm³/mol. The van der Waals surface area contributed by atoms with Crippen LogP contribution in [-0.2, 0) is 16.0 Å². The van der Waals surface area contributed by atoms with Gasteiger partial charge in [0.05, 0.1) is 6.61 Å². The van der Waals surface area contributed by atoms with E-state index >= 15 is 0 Å². The molecule has 0 amide bonds. The van der Waals surface area contributed by atoms with Crippen LogP contribution in [0.2, 0.25) is 0 Å². The number of benzene rings is 2. The molecule has 1 atom stereocenters. The maximum Gasteiger partial charge on any atom is 0.341 e. The molecule has 0 heterocycles. The number of Topliss-reactive ketones (excluding diaryl/α,β-unsaturated/α-hetero) is 1. The number of carbonyl (C=O) groups is 2. The zero-order chi connectivity index (χ0) is 18.8. The first kappa shape index (κ1) is 19.7. The van der Waals surface area contributed by atoms with Crippen LogP contribution in [0.5, 0.6) is 5.75 Å². The standard InChI is InChI=1S/C22H26O4/c1-3-10-19(16-18(23)15-17-11-6-5-7-12-17)26-21-14-9-8-13-20(21)22(24)25-4-2/h5-9,11-14,19H,3-4,10,15-16H2,1-2H3. The average Bonchev–Trinajstić information content (AvgIpc) is 2.63. The molecule has 0 aliphatic heterocycles. The lowest BCUT2D eigenvalue weighted by Gasteiger charge is -2.20. The number of carbonyl (C=O) groups excluding carboxylic acids is 2. The van der Waals surface area contributed by atoms with Crippen molar-refractivity contribution in [2.24, 2.45) is 0 Å². The lowest BCUT2D eigenvalue weighted by Crippen LogP contribution is -2.23. The van der Waals surface area contributed by atoms with E-state index in [2.05, 4.69) is 6.92 Å². The Morgan fingerprint density at radius 3 is 2.35 bits per heavy atom. The van der Waals surface area contributed by atoms with Crippen LogP contribution in [0.3, 0.4) is 0 Å². The molecule has 0 saturated carbocycles. The average molecular weight is 354 g/mol. The van der Waals surface area contributed by atoms with Crippen molar-refractivity contribution in [2.75, 3.05) is 6.61 Å². The van der Waals surface area contributed by atoms with Crippen molar-refractivity contribution in [1.29, 1.82) is 0 Å². The molecule has 4 heteroatoms. The minimum atomic E-state index is -0.408.